The smallest absolute Gasteiger partial charge is 0.356 e. The number of benzene rings is 1. The number of hydrogen-bond acceptors (Lipinski definition) is 5. The monoisotopic (exact) mass is 411 g/mol. The van der Waals surface area contributed by atoms with E-state index in [0.29, 0.717) is 0 Å². The number of aromatic nitrogens is 1. The van der Waals surface area contributed by atoms with Crippen LogP contribution < -0.4 is 5.32 Å². The normalized spacial score (nSPS) is 13.3. The van der Waals surface area contributed by atoms with Crippen molar-refractivity contribution in [3.05, 3.63) is 46.0 Å². The first-order chi connectivity index (χ1) is 11.8. The molecule has 0 spiro atoms. The number of nitrogens with one attached hydrogen (secondary N) is 1. The molecule has 1 aromatic heterocycles. The van der Waals surface area contributed by atoms with Crippen molar-refractivity contribution in [1.29, 1.82) is 0 Å². The van der Waals surface area contributed by atoms with Crippen molar-refractivity contribution >= 4 is 44.3 Å². The Morgan fingerprint density at radius 2 is 1.96 bits per heavy atom. The lowest BCUT2D eigenvalue weighted by atomic mass is 10.1. The predicted octanol–water partition coefficient (Wildman–Crippen LogP) is 2.75. The van der Waals surface area contributed by atoms with Crippen molar-refractivity contribution in [2.75, 3.05) is 0 Å². The van der Waals surface area contributed by atoms with Crippen LogP contribution in [0.2, 0.25) is 0 Å². The first-order valence-corrected chi connectivity index (χ1v) is 7.52. The average Bonchev–Trinajstić information content (AvgIpc) is 2.53. The molecule has 0 aliphatic carbocycles. The van der Waals surface area contributed by atoms with Gasteiger partial charge in [0, 0.05) is 16.3 Å². The molecule has 7 nitrogen and oxygen atoms in total. The molecule has 0 saturated carbocycles. The summed E-state index contributed by atoms with van der Waals surface area (Å²) in [7, 11) is 0. The summed E-state index contributed by atoms with van der Waals surface area (Å²) in [5.41, 5.74) is -0.993. The molecule has 0 bridgehead atoms. The van der Waals surface area contributed by atoms with E-state index in [1.54, 1.807) is 0 Å². The predicted molar refractivity (Wildman–Crippen MR) is 86.7 cm³/mol. The van der Waals surface area contributed by atoms with E-state index in [4.69, 9.17) is 5.11 Å². The number of aliphatic imine (C=N–C) groups is 1. The Morgan fingerprint density at radius 3 is 2.52 bits per heavy atom. The second-order valence-corrected chi connectivity index (χ2v) is 5.74. The second kappa shape index (κ2) is 6.20. The van der Waals surface area contributed by atoms with Crippen LogP contribution in [-0.4, -0.2) is 32.8 Å². The van der Waals surface area contributed by atoms with Gasteiger partial charge in [0.1, 0.15) is 4.60 Å². The minimum Gasteiger partial charge on any atom is -0.505 e. The highest BCUT2D eigenvalue weighted by Gasteiger charge is 2.26. The van der Waals surface area contributed by atoms with Gasteiger partial charge in [-0.25, -0.2) is 23.6 Å². The van der Waals surface area contributed by atoms with Crippen molar-refractivity contribution < 1.29 is 28.6 Å². The Kier molecular flexibility index (Phi) is 4.21. The fourth-order valence-corrected chi connectivity index (χ4v) is 2.71. The summed E-state index contributed by atoms with van der Waals surface area (Å²) < 4.78 is 25.7. The van der Waals surface area contributed by atoms with Crippen LogP contribution >= 0.6 is 15.9 Å². The van der Waals surface area contributed by atoms with Crippen LogP contribution in [0.4, 0.5) is 8.78 Å². The molecule has 1 aromatic carbocycles. The van der Waals surface area contributed by atoms with E-state index in [9.17, 15) is 23.5 Å². The highest BCUT2D eigenvalue weighted by atomic mass is 79.9. The van der Waals surface area contributed by atoms with Gasteiger partial charge in [0.25, 0.3) is 12.3 Å². The highest BCUT2D eigenvalue weighted by molar-refractivity contribution is 9.10. The molecule has 3 rings (SSSR count). The van der Waals surface area contributed by atoms with Gasteiger partial charge in [-0.15, -0.1) is 0 Å². The third-order valence-electron chi connectivity index (χ3n) is 3.45. The Balaban J connectivity index is 1.97. The maximum Gasteiger partial charge on any atom is 0.356 e. The quantitative estimate of drug-likeness (QED) is 0.669. The fraction of sp³-hybridized carbons (Fsp3) is 0.0667. The maximum absolute atomic E-state index is 12.8. The zero-order chi connectivity index (χ0) is 18.3. The van der Waals surface area contributed by atoms with Crippen molar-refractivity contribution in [2.24, 2.45) is 4.99 Å². The Hall–Kier alpha value is -2.88. The molecule has 0 unspecified atom stereocenters. The minimum absolute atomic E-state index is 0.0250. The first kappa shape index (κ1) is 17.0. The van der Waals surface area contributed by atoms with Crippen molar-refractivity contribution in [1.82, 2.24) is 10.3 Å². The standard InChI is InChI=1S/C15H8BrF2N3O4/c16-12-7-3-5(13(17)18)1-2-6(7)11(22)10(21-12)14(23)20-8-4-19-9(8)15(24)25/h1-4,13,22H,(H,20,23)(H,24,25). The number of carboxylic acid groups (broad SMARTS) is 1. The Labute approximate surface area is 146 Å². The second-order valence-electron chi connectivity index (χ2n) is 4.99. The minimum atomic E-state index is -2.69. The van der Waals surface area contributed by atoms with Crippen molar-refractivity contribution in [3.63, 3.8) is 0 Å². The van der Waals surface area contributed by atoms with E-state index in [2.05, 4.69) is 31.2 Å². The number of pyridine rings is 1. The lowest BCUT2D eigenvalue weighted by Crippen LogP contribution is -2.34. The molecule has 1 aliphatic rings. The van der Waals surface area contributed by atoms with Crippen LogP contribution in [0.25, 0.3) is 10.8 Å². The largest absolute Gasteiger partial charge is 0.505 e. The summed E-state index contributed by atoms with van der Waals surface area (Å²) in [4.78, 5) is 30.4. The molecule has 3 N–H and O–H groups in total. The third-order valence-corrected chi connectivity index (χ3v) is 4.06. The number of carbonyl (C=O) groups is 2. The molecule has 1 amide bonds. The fourth-order valence-electron chi connectivity index (χ4n) is 2.21. The summed E-state index contributed by atoms with van der Waals surface area (Å²) in [5.74, 6) is -2.68. The zero-order valence-corrected chi connectivity index (χ0v) is 13.7. The number of carbonyl (C=O) groups excluding carboxylic acids is 1. The summed E-state index contributed by atoms with van der Waals surface area (Å²) >= 11 is 3.09. The number of amides is 1. The molecule has 2 heterocycles. The van der Waals surface area contributed by atoms with Crippen LogP contribution in [0.15, 0.2) is 39.7 Å². The maximum atomic E-state index is 12.8. The molecule has 10 heteroatoms. The van der Waals surface area contributed by atoms with Crippen LogP contribution in [0.3, 0.4) is 0 Å². The highest BCUT2D eigenvalue weighted by Crippen LogP contribution is 2.34. The number of alkyl halides is 2. The molecule has 128 valence electrons. The molecule has 0 saturated heterocycles. The van der Waals surface area contributed by atoms with Gasteiger partial charge in [-0.2, -0.15) is 0 Å². The van der Waals surface area contributed by atoms with Gasteiger partial charge in [0.05, 0.1) is 11.9 Å². The number of aliphatic carboxylic acids is 1. The lowest BCUT2D eigenvalue weighted by Gasteiger charge is -2.15. The first-order valence-electron chi connectivity index (χ1n) is 6.73. The molecule has 0 fully saturated rings. The van der Waals surface area contributed by atoms with Crippen molar-refractivity contribution in [2.45, 2.75) is 6.43 Å². The van der Waals surface area contributed by atoms with Gasteiger partial charge in [-0.3, -0.25) is 4.79 Å². The zero-order valence-electron chi connectivity index (χ0n) is 12.1. The molecular weight excluding hydrogens is 404 g/mol. The van der Waals surface area contributed by atoms with Gasteiger partial charge in [0.15, 0.2) is 17.2 Å². The van der Waals surface area contributed by atoms with E-state index in [1.807, 2.05) is 0 Å². The SMILES string of the molecule is O=C(O)C1=NC=C1NC(=O)c1nc(Br)c2cc(C(F)F)ccc2c1O. The summed E-state index contributed by atoms with van der Waals surface area (Å²) in [5, 5.41) is 21.7. The van der Waals surface area contributed by atoms with Gasteiger partial charge in [0.2, 0.25) is 0 Å². The number of nitrogens with zero attached hydrogens (tertiary/aromatic N) is 2. The van der Waals surface area contributed by atoms with Crippen LogP contribution in [-0.2, 0) is 4.79 Å². The van der Waals surface area contributed by atoms with Crippen LogP contribution in [0.5, 0.6) is 5.75 Å². The number of carboxylic acids is 1. The van der Waals surface area contributed by atoms with Crippen LogP contribution in [0.1, 0.15) is 22.5 Å². The molecule has 1 aliphatic heterocycles. The van der Waals surface area contributed by atoms with E-state index < -0.39 is 24.1 Å². The van der Waals surface area contributed by atoms with Gasteiger partial charge in [-0.1, -0.05) is 6.07 Å². The van der Waals surface area contributed by atoms with Gasteiger partial charge in [-0.05, 0) is 28.1 Å². The molecule has 0 atom stereocenters. The molecule has 0 radical (unpaired) electrons. The van der Waals surface area contributed by atoms with E-state index >= 15 is 0 Å². The lowest BCUT2D eigenvalue weighted by molar-refractivity contribution is -0.129. The number of halogens is 3. The number of fused-ring (bicyclic) bond motifs is 1. The van der Waals surface area contributed by atoms with Crippen molar-refractivity contribution in [3.8, 4) is 5.75 Å². The van der Waals surface area contributed by atoms with Gasteiger partial charge >= 0.3 is 5.97 Å². The van der Waals surface area contributed by atoms with E-state index in [0.717, 1.165) is 18.3 Å². The molecule has 2 aromatic rings. The topological polar surface area (TPSA) is 112 Å². The number of hydrogen-bond donors (Lipinski definition) is 3. The third kappa shape index (κ3) is 2.95. The van der Waals surface area contributed by atoms with Crippen LogP contribution in [0, 0.1) is 0 Å². The summed E-state index contributed by atoms with van der Waals surface area (Å²) in [6.07, 6.45) is -1.55. The van der Waals surface area contributed by atoms with E-state index in [1.165, 1.54) is 6.07 Å². The Morgan fingerprint density at radius 1 is 1.24 bits per heavy atom. The molecule has 25 heavy (non-hydrogen) atoms. The average molecular weight is 412 g/mol. The van der Waals surface area contributed by atoms with E-state index in [-0.39, 0.29) is 38.0 Å². The number of aromatic hydroxyl groups is 1. The summed E-state index contributed by atoms with van der Waals surface area (Å²) in [6, 6.07) is 3.54. The van der Waals surface area contributed by atoms with Gasteiger partial charge < -0.3 is 15.5 Å². The molecular formula is C15H8BrF2N3O4. The Bertz CT molecular complexity index is 988. The summed E-state index contributed by atoms with van der Waals surface area (Å²) in [6.45, 7) is 0. The number of rotatable bonds is 4.